The number of hydrogen-bond donors (Lipinski definition) is 0. The van der Waals surface area contributed by atoms with Gasteiger partial charge in [0.05, 0.1) is 35.8 Å². The van der Waals surface area contributed by atoms with Gasteiger partial charge in [0.1, 0.15) is 0 Å². The summed E-state index contributed by atoms with van der Waals surface area (Å²) in [6.45, 7) is 0. The van der Waals surface area contributed by atoms with Gasteiger partial charge in [0, 0.05) is 0 Å². The van der Waals surface area contributed by atoms with E-state index in [0.29, 0.717) is 0 Å². The van der Waals surface area contributed by atoms with Gasteiger partial charge in [-0.05, 0) is 66.8 Å². The molecule has 0 unspecified atom stereocenters. The number of benzene rings is 6. The van der Waals surface area contributed by atoms with Crippen LogP contribution in [0, 0.1) is 88.0 Å². The van der Waals surface area contributed by atoms with E-state index in [4.69, 9.17) is 0 Å². The SMILES string of the molecule is O=C([O-])c1ccc(-c2ccc(C(=O)[O-])cc2)cc1.O=C([O-])c1ccc(-c2ccc(C(=O)[O-])cc2)cc1.O=C([O-])c1ccc(-c2ccc(C(=O)[O-])cc2)cc1.[Eu+3].[Tb+3]. The van der Waals surface area contributed by atoms with Crippen LogP contribution < -0.4 is 30.6 Å². The molecule has 0 aliphatic carbocycles. The summed E-state index contributed by atoms with van der Waals surface area (Å²) in [4.78, 5) is 63.5. The molecule has 0 aliphatic heterocycles. The first-order valence-electron chi connectivity index (χ1n) is 15.6. The zero-order valence-corrected chi connectivity index (χ0v) is 33.0. The molecule has 56 heavy (non-hydrogen) atoms. The molecule has 12 nitrogen and oxygen atoms in total. The summed E-state index contributed by atoms with van der Waals surface area (Å²) < 4.78 is 0. The third-order valence-corrected chi connectivity index (χ3v) is 7.72. The molecule has 6 aromatic carbocycles. The largest absolute Gasteiger partial charge is 3.00 e. The van der Waals surface area contributed by atoms with Crippen molar-refractivity contribution in [1.29, 1.82) is 0 Å². The van der Waals surface area contributed by atoms with Crippen LogP contribution in [-0.2, 0) is 0 Å². The Bertz CT molecular complexity index is 1860. The summed E-state index contributed by atoms with van der Waals surface area (Å²) in [6, 6.07) is 37.0. The van der Waals surface area contributed by atoms with Crippen LogP contribution in [0.15, 0.2) is 146 Å². The summed E-state index contributed by atoms with van der Waals surface area (Å²) in [5, 5.41) is 63.5. The van der Waals surface area contributed by atoms with Crippen molar-refractivity contribution in [3.05, 3.63) is 179 Å². The summed E-state index contributed by atoms with van der Waals surface area (Å²) in [6.07, 6.45) is 0. The minimum atomic E-state index is -1.23. The van der Waals surface area contributed by atoms with Gasteiger partial charge in [-0.15, -0.1) is 0 Å². The molecule has 6 rings (SSSR count). The van der Waals surface area contributed by atoms with Gasteiger partial charge in [0.25, 0.3) is 0 Å². The molecule has 0 atom stereocenters. The molecule has 0 radical (unpaired) electrons. The predicted molar refractivity (Wildman–Crippen MR) is 182 cm³/mol. The van der Waals surface area contributed by atoms with Gasteiger partial charge in [0.15, 0.2) is 0 Å². The molecule has 0 N–H and O–H groups in total. The molecule has 0 saturated carbocycles. The quantitative estimate of drug-likeness (QED) is 0.189. The Labute approximate surface area is 391 Å². The maximum atomic E-state index is 10.6. The summed E-state index contributed by atoms with van der Waals surface area (Å²) in [7, 11) is 0. The smallest absolute Gasteiger partial charge is 0.545 e. The molecule has 280 valence electrons. The second-order valence-electron chi connectivity index (χ2n) is 11.2. The van der Waals surface area contributed by atoms with Crippen molar-refractivity contribution in [3.8, 4) is 33.4 Å². The number of rotatable bonds is 9. The van der Waals surface area contributed by atoms with E-state index in [9.17, 15) is 59.4 Å². The van der Waals surface area contributed by atoms with Gasteiger partial charge in [-0.3, -0.25) is 0 Å². The first kappa shape index (κ1) is 47.2. The zero-order valence-electron chi connectivity index (χ0n) is 28.5. The predicted octanol–water partition coefficient (Wildman–Crippen LogP) is 0.242. The molecule has 0 bridgehead atoms. The first-order chi connectivity index (χ1) is 25.7. The maximum absolute atomic E-state index is 10.6. The van der Waals surface area contributed by atoms with Gasteiger partial charge < -0.3 is 59.4 Å². The second-order valence-corrected chi connectivity index (χ2v) is 11.2. The van der Waals surface area contributed by atoms with E-state index in [1.54, 1.807) is 72.8 Å². The van der Waals surface area contributed by atoms with Crippen molar-refractivity contribution in [2.75, 3.05) is 0 Å². The van der Waals surface area contributed by atoms with Crippen LogP contribution in [-0.4, -0.2) is 35.8 Å². The average Bonchev–Trinajstić information content (AvgIpc) is 3.18. The molecule has 0 heterocycles. The zero-order chi connectivity index (χ0) is 39.4. The Morgan fingerprint density at radius 3 is 0.393 bits per heavy atom. The Kier molecular flexibility index (Phi) is 19.0. The van der Waals surface area contributed by atoms with E-state index < -0.39 is 35.8 Å². The van der Waals surface area contributed by atoms with E-state index in [1.165, 1.54) is 72.8 Å². The Morgan fingerprint density at radius 2 is 0.321 bits per heavy atom. The van der Waals surface area contributed by atoms with Crippen molar-refractivity contribution in [2.24, 2.45) is 0 Å². The van der Waals surface area contributed by atoms with Crippen LogP contribution in [0.25, 0.3) is 33.4 Å². The van der Waals surface area contributed by atoms with E-state index in [0.717, 1.165) is 33.4 Å². The van der Waals surface area contributed by atoms with Crippen molar-refractivity contribution in [1.82, 2.24) is 0 Å². The molecule has 0 amide bonds. The van der Waals surface area contributed by atoms with Gasteiger partial charge >= 0.3 is 88.0 Å². The second kappa shape index (κ2) is 22.5. The van der Waals surface area contributed by atoms with Crippen LogP contribution in [0.5, 0.6) is 0 Å². The number of aromatic carboxylic acids is 6. The summed E-state index contributed by atoms with van der Waals surface area (Å²) in [5.74, 6) is -7.37. The van der Waals surface area contributed by atoms with E-state index in [2.05, 4.69) is 0 Å². The van der Waals surface area contributed by atoms with E-state index >= 15 is 0 Å². The van der Waals surface area contributed by atoms with Gasteiger partial charge in [-0.25, -0.2) is 0 Å². The first-order valence-corrected chi connectivity index (χ1v) is 15.6. The summed E-state index contributed by atoms with van der Waals surface area (Å²) in [5.41, 5.74) is 5.39. The third kappa shape index (κ3) is 13.6. The molecule has 0 fully saturated rings. The van der Waals surface area contributed by atoms with E-state index in [1.807, 2.05) is 0 Å². The number of hydrogen-bond acceptors (Lipinski definition) is 12. The average molecular weight is 1030 g/mol. The van der Waals surface area contributed by atoms with Crippen molar-refractivity contribution < 1.29 is 147 Å². The van der Waals surface area contributed by atoms with Crippen LogP contribution in [0.3, 0.4) is 0 Å². The van der Waals surface area contributed by atoms with Crippen LogP contribution in [0.2, 0.25) is 0 Å². The molecule has 14 heteroatoms. The van der Waals surface area contributed by atoms with Crippen LogP contribution >= 0.6 is 0 Å². The van der Waals surface area contributed by atoms with Crippen molar-refractivity contribution in [3.63, 3.8) is 0 Å². The molecule has 0 spiro atoms. The summed E-state index contributed by atoms with van der Waals surface area (Å²) >= 11 is 0. The van der Waals surface area contributed by atoms with Crippen molar-refractivity contribution >= 4 is 35.8 Å². The molecular formula is C42H24EuO12Tb. The standard InChI is InChI=1S/3C14H10O4.Eu.Tb/c3*15-13(16)11-5-1-9(2-6-11)10-3-7-12(8-4-10)14(17)18;;/h3*1-8H,(H,15,16)(H,17,18);;/q;;;2*+3/p-6. The number of carbonyl (C=O) groups excluding carboxylic acids is 6. The van der Waals surface area contributed by atoms with E-state index in [-0.39, 0.29) is 121 Å². The number of carbonyl (C=O) groups is 6. The fourth-order valence-electron chi connectivity index (χ4n) is 4.79. The van der Waals surface area contributed by atoms with Gasteiger partial charge in [-0.2, -0.15) is 0 Å². The van der Waals surface area contributed by atoms with Gasteiger partial charge in [-0.1, -0.05) is 146 Å². The van der Waals surface area contributed by atoms with Crippen LogP contribution in [0.4, 0.5) is 0 Å². The maximum Gasteiger partial charge on any atom is 3.00 e. The monoisotopic (exact) mass is 1030 g/mol. The molecule has 0 aromatic heterocycles. The Morgan fingerprint density at radius 1 is 0.232 bits per heavy atom. The van der Waals surface area contributed by atoms with Crippen LogP contribution in [0.1, 0.15) is 62.1 Å². The van der Waals surface area contributed by atoms with Crippen molar-refractivity contribution in [2.45, 2.75) is 0 Å². The fourth-order valence-corrected chi connectivity index (χ4v) is 4.79. The normalized spacial score (nSPS) is 9.64. The Hall–Kier alpha value is -4.99. The fraction of sp³-hybridized carbons (Fsp3) is 0. The topological polar surface area (TPSA) is 241 Å². The molecular weight excluding hydrogens is 1010 g/mol. The third-order valence-electron chi connectivity index (χ3n) is 7.72. The molecule has 6 aromatic rings. The van der Waals surface area contributed by atoms with Gasteiger partial charge in [0.2, 0.25) is 0 Å². The minimum absolute atomic E-state index is 0. The minimum Gasteiger partial charge on any atom is -0.545 e. The molecule has 0 aliphatic rings. The molecule has 0 saturated heterocycles. The Balaban J connectivity index is 0.000000285. The number of carboxylic acids is 6. The number of carboxylic acid groups (broad SMARTS) is 6.